The summed E-state index contributed by atoms with van der Waals surface area (Å²) >= 11 is 2.04. The van der Waals surface area contributed by atoms with Gasteiger partial charge in [-0.15, -0.1) is 0 Å². The Morgan fingerprint density at radius 1 is 1.42 bits per heavy atom. The van der Waals surface area contributed by atoms with E-state index in [1.165, 1.54) is 29.9 Å². The number of thioether (sulfide) groups is 1. The molecule has 0 bridgehead atoms. The van der Waals surface area contributed by atoms with Crippen molar-refractivity contribution in [3.63, 3.8) is 0 Å². The average Bonchev–Trinajstić information content (AvgIpc) is 2.88. The largest absolute Gasteiger partial charge is 0.374 e. The van der Waals surface area contributed by atoms with Crippen LogP contribution in [-0.2, 0) is 11.2 Å². The number of nitrogens with one attached hydrogen (secondary N) is 1. The normalized spacial score (nSPS) is 30.8. The van der Waals surface area contributed by atoms with Crippen molar-refractivity contribution in [2.75, 3.05) is 24.7 Å². The third kappa shape index (κ3) is 3.50. The molecule has 0 amide bonds. The maximum atomic E-state index is 6.05. The molecule has 3 nitrogen and oxygen atoms in total. The first-order valence-electron chi connectivity index (χ1n) is 7.20. The molecule has 0 radical (unpaired) electrons. The second kappa shape index (κ2) is 6.25. The lowest BCUT2D eigenvalue weighted by Gasteiger charge is -2.38. The van der Waals surface area contributed by atoms with Gasteiger partial charge in [-0.1, -0.05) is 0 Å². The minimum atomic E-state index is 0.192. The van der Waals surface area contributed by atoms with Gasteiger partial charge in [0.15, 0.2) is 0 Å². The number of rotatable bonds is 4. The summed E-state index contributed by atoms with van der Waals surface area (Å²) in [6.07, 6.45) is 8.41. The first-order chi connectivity index (χ1) is 9.36. The van der Waals surface area contributed by atoms with E-state index in [0.29, 0.717) is 6.04 Å². The first-order valence-corrected chi connectivity index (χ1v) is 8.36. The fraction of sp³-hybridized carbons (Fsp3) is 0.667. The third-order valence-corrected chi connectivity index (χ3v) is 5.38. The molecule has 4 heteroatoms. The number of ether oxygens (including phenoxy) is 1. The molecule has 1 aromatic rings. The molecule has 19 heavy (non-hydrogen) atoms. The minimum absolute atomic E-state index is 0.192. The van der Waals surface area contributed by atoms with Crippen molar-refractivity contribution in [3.8, 4) is 0 Å². The van der Waals surface area contributed by atoms with E-state index < -0.39 is 0 Å². The molecule has 0 aromatic carbocycles. The smallest absolute Gasteiger partial charge is 0.0795 e. The molecule has 2 unspecified atom stereocenters. The van der Waals surface area contributed by atoms with Gasteiger partial charge < -0.3 is 10.1 Å². The summed E-state index contributed by atoms with van der Waals surface area (Å²) in [5.74, 6) is 2.46. The molecule has 0 saturated carbocycles. The van der Waals surface area contributed by atoms with Crippen molar-refractivity contribution in [1.29, 1.82) is 0 Å². The maximum Gasteiger partial charge on any atom is 0.0795 e. The van der Waals surface area contributed by atoms with Crippen LogP contribution in [0.15, 0.2) is 24.5 Å². The van der Waals surface area contributed by atoms with Crippen LogP contribution in [0.4, 0.5) is 0 Å². The van der Waals surface area contributed by atoms with Crippen molar-refractivity contribution in [2.24, 2.45) is 0 Å². The molecule has 2 aliphatic heterocycles. The van der Waals surface area contributed by atoms with Gasteiger partial charge in [-0.3, -0.25) is 4.98 Å². The Labute approximate surface area is 119 Å². The summed E-state index contributed by atoms with van der Waals surface area (Å²) in [5.41, 5.74) is 1.55. The molecule has 104 valence electrons. The van der Waals surface area contributed by atoms with Crippen molar-refractivity contribution in [2.45, 2.75) is 37.3 Å². The SMILES string of the molecule is c1cc(CCNC2CCOC3(CCSC3)C2)ccn1. The minimum Gasteiger partial charge on any atom is -0.374 e. The molecule has 2 atom stereocenters. The Morgan fingerprint density at radius 2 is 2.32 bits per heavy atom. The highest BCUT2D eigenvalue weighted by Crippen LogP contribution is 2.38. The lowest BCUT2D eigenvalue weighted by Crippen LogP contribution is -2.47. The Balaban J connectivity index is 1.45. The first kappa shape index (κ1) is 13.4. The molecule has 1 aromatic heterocycles. The van der Waals surface area contributed by atoms with E-state index in [1.54, 1.807) is 0 Å². The van der Waals surface area contributed by atoms with E-state index in [2.05, 4.69) is 22.4 Å². The summed E-state index contributed by atoms with van der Waals surface area (Å²) < 4.78 is 6.05. The van der Waals surface area contributed by atoms with Crippen molar-refractivity contribution in [1.82, 2.24) is 10.3 Å². The summed E-state index contributed by atoms with van der Waals surface area (Å²) in [4.78, 5) is 4.05. The van der Waals surface area contributed by atoms with E-state index >= 15 is 0 Å². The Hall–Kier alpha value is -0.580. The average molecular weight is 278 g/mol. The highest BCUT2D eigenvalue weighted by molar-refractivity contribution is 7.99. The summed E-state index contributed by atoms with van der Waals surface area (Å²) in [6.45, 7) is 1.98. The summed E-state index contributed by atoms with van der Waals surface area (Å²) in [5, 5.41) is 3.71. The van der Waals surface area contributed by atoms with Crippen LogP contribution < -0.4 is 5.32 Å². The molecule has 2 fully saturated rings. The molecule has 2 saturated heterocycles. The highest BCUT2D eigenvalue weighted by Gasteiger charge is 2.40. The number of hydrogen-bond acceptors (Lipinski definition) is 4. The topological polar surface area (TPSA) is 34.1 Å². The number of aromatic nitrogens is 1. The zero-order valence-corrected chi connectivity index (χ0v) is 12.1. The van der Waals surface area contributed by atoms with E-state index in [9.17, 15) is 0 Å². The van der Waals surface area contributed by atoms with Gasteiger partial charge in [0.05, 0.1) is 5.60 Å². The fourth-order valence-corrected chi connectivity index (χ4v) is 4.41. The molecule has 0 aliphatic carbocycles. The fourth-order valence-electron chi connectivity index (χ4n) is 3.04. The monoisotopic (exact) mass is 278 g/mol. The number of hydrogen-bond donors (Lipinski definition) is 1. The van der Waals surface area contributed by atoms with E-state index in [1.807, 2.05) is 24.2 Å². The van der Waals surface area contributed by atoms with Crippen LogP contribution in [0.5, 0.6) is 0 Å². The molecule has 2 aliphatic rings. The predicted octanol–water partition coefficient (Wildman–Crippen LogP) is 2.27. The molecule has 1 spiro atoms. The molecule has 3 rings (SSSR count). The van der Waals surface area contributed by atoms with Crippen LogP contribution >= 0.6 is 11.8 Å². The molecular weight excluding hydrogens is 256 g/mol. The van der Waals surface area contributed by atoms with Gasteiger partial charge in [0.1, 0.15) is 0 Å². The van der Waals surface area contributed by atoms with Crippen LogP contribution in [0.1, 0.15) is 24.8 Å². The second-order valence-electron chi connectivity index (χ2n) is 5.58. The Kier molecular flexibility index (Phi) is 4.41. The molecule has 1 N–H and O–H groups in total. The van der Waals surface area contributed by atoms with Crippen molar-refractivity contribution >= 4 is 11.8 Å². The predicted molar refractivity (Wildman–Crippen MR) is 79.6 cm³/mol. The number of nitrogens with zero attached hydrogens (tertiary/aromatic N) is 1. The highest BCUT2D eigenvalue weighted by atomic mass is 32.2. The van der Waals surface area contributed by atoms with Gasteiger partial charge >= 0.3 is 0 Å². The van der Waals surface area contributed by atoms with Crippen molar-refractivity contribution < 1.29 is 4.74 Å². The maximum absolute atomic E-state index is 6.05. The van der Waals surface area contributed by atoms with Gasteiger partial charge in [0.25, 0.3) is 0 Å². The van der Waals surface area contributed by atoms with Crippen LogP contribution in [0, 0.1) is 0 Å². The lowest BCUT2D eigenvalue weighted by atomic mass is 9.90. The number of pyridine rings is 1. The van der Waals surface area contributed by atoms with Crippen LogP contribution in [-0.4, -0.2) is 41.3 Å². The van der Waals surface area contributed by atoms with Crippen LogP contribution in [0.25, 0.3) is 0 Å². The molecular formula is C15H22N2OS. The zero-order chi connectivity index (χ0) is 13.0. The van der Waals surface area contributed by atoms with Gasteiger partial charge in [-0.2, -0.15) is 11.8 Å². The van der Waals surface area contributed by atoms with Gasteiger partial charge in [0, 0.05) is 30.8 Å². The lowest BCUT2D eigenvalue weighted by molar-refractivity contribution is -0.0699. The van der Waals surface area contributed by atoms with Gasteiger partial charge in [0.2, 0.25) is 0 Å². The van der Waals surface area contributed by atoms with Crippen LogP contribution in [0.3, 0.4) is 0 Å². The van der Waals surface area contributed by atoms with E-state index in [4.69, 9.17) is 4.74 Å². The zero-order valence-electron chi connectivity index (χ0n) is 11.3. The Morgan fingerprint density at radius 3 is 3.11 bits per heavy atom. The van der Waals surface area contributed by atoms with E-state index in [0.717, 1.165) is 26.0 Å². The second-order valence-corrected chi connectivity index (χ2v) is 6.69. The quantitative estimate of drug-likeness (QED) is 0.916. The standard InChI is InChI=1S/C15H22N2OS/c1-6-16-7-2-13(1)3-8-17-14-4-9-18-15(11-14)5-10-19-12-15/h1-2,6-7,14,17H,3-5,8-12H2. The van der Waals surface area contributed by atoms with E-state index in [-0.39, 0.29) is 5.60 Å². The molecule has 3 heterocycles. The third-order valence-electron chi connectivity index (χ3n) is 4.16. The van der Waals surface area contributed by atoms with Crippen LogP contribution in [0.2, 0.25) is 0 Å². The van der Waals surface area contributed by atoms with Crippen molar-refractivity contribution in [3.05, 3.63) is 30.1 Å². The van der Waals surface area contributed by atoms with Gasteiger partial charge in [-0.05, 0) is 55.7 Å². The summed E-state index contributed by atoms with van der Waals surface area (Å²) in [7, 11) is 0. The van der Waals surface area contributed by atoms with Gasteiger partial charge in [-0.25, -0.2) is 0 Å². The summed E-state index contributed by atoms with van der Waals surface area (Å²) in [6, 6.07) is 4.83. The Bertz CT molecular complexity index is 392.